The van der Waals surface area contributed by atoms with Crippen LogP contribution < -0.4 is 0 Å². The molecule has 2 unspecified atom stereocenters. The number of hydrogen-bond acceptors (Lipinski definition) is 0. The first kappa shape index (κ1) is 8.80. The van der Waals surface area contributed by atoms with Crippen molar-refractivity contribution in [1.29, 1.82) is 0 Å². The van der Waals surface area contributed by atoms with Crippen molar-refractivity contribution < 1.29 is 0 Å². The fourth-order valence-electron chi connectivity index (χ4n) is 3.19. The lowest BCUT2D eigenvalue weighted by Gasteiger charge is -2.32. The monoisotopic (exact) mass is 228 g/mol. The Morgan fingerprint density at radius 3 is 2.75 bits per heavy atom. The van der Waals surface area contributed by atoms with Crippen LogP contribution in [0.15, 0.2) is 11.6 Å². The predicted octanol–water partition coefficient (Wildman–Crippen LogP) is 3.76. The van der Waals surface area contributed by atoms with Gasteiger partial charge in [-0.15, -0.1) is 0 Å². The lowest BCUT2D eigenvalue weighted by molar-refractivity contribution is 0.287. The summed E-state index contributed by atoms with van der Waals surface area (Å²) in [5, 5.41) is 1.04. The van der Waals surface area contributed by atoms with Crippen LogP contribution in [0.25, 0.3) is 0 Å². The third-order valence-electron chi connectivity index (χ3n) is 3.93. The van der Waals surface area contributed by atoms with Crippen molar-refractivity contribution in [1.82, 2.24) is 0 Å². The van der Waals surface area contributed by atoms with Crippen molar-refractivity contribution in [2.75, 3.05) is 5.33 Å². The molecule has 0 aliphatic heterocycles. The molecular formula is C11H17Br. The van der Waals surface area contributed by atoms with E-state index in [9.17, 15) is 0 Å². The van der Waals surface area contributed by atoms with E-state index in [0.29, 0.717) is 5.41 Å². The van der Waals surface area contributed by atoms with Gasteiger partial charge in [-0.05, 0) is 36.5 Å². The Hall–Kier alpha value is 0.220. The number of fused-ring (bicyclic) bond motifs is 2. The second-order valence-corrected chi connectivity index (χ2v) is 5.39. The van der Waals surface area contributed by atoms with Crippen LogP contribution in [0.5, 0.6) is 0 Å². The number of hydrogen-bond donors (Lipinski definition) is 0. The Kier molecular flexibility index (Phi) is 2.10. The number of alkyl halides is 1. The highest BCUT2D eigenvalue weighted by atomic mass is 79.9. The van der Waals surface area contributed by atoms with E-state index in [0.717, 1.165) is 17.2 Å². The molecule has 0 N–H and O–H groups in total. The van der Waals surface area contributed by atoms with Gasteiger partial charge in [-0.3, -0.25) is 0 Å². The molecule has 1 heteroatoms. The minimum absolute atomic E-state index is 0.511. The lowest BCUT2D eigenvalue weighted by Crippen LogP contribution is -2.22. The molecule has 2 aliphatic rings. The van der Waals surface area contributed by atoms with E-state index >= 15 is 0 Å². The fourth-order valence-corrected chi connectivity index (χ4v) is 3.54. The maximum atomic E-state index is 3.51. The van der Waals surface area contributed by atoms with Gasteiger partial charge < -0.3 is 0 Å². The average molecular weight is 229 g/mol. The van der Waals surface area contributed by atoms with Crippen LogP contribution in [0.1, 0.15) is 33.1 Å². The Balaban J connectivity index is 2.29. The molecular weight excluding hydrogens is 212 g/mol. The first-order valence-corrected chi connectivity index (χ1v) is 6.05. The van der Waals surface area contributed by atoms with Gasteiger partial charge in [0, 0.05) is 5.33 Å². The van der Waals surface area contributed by atoms with E-state index in [2.05, 4.69) is 35.9 Å². The van der Waals surface area contributed by atoms with Gasteiger partial charge in [0.25, 0.3) is 0 Å². The molecule has 68 valence electrons. The highest BCUT2D eigenvalue weighted by Gasteiger charge is 2.48. The van der Waals surface area contributed by atoms with Gasteiger partial charge in [-0.25, -0.2) is 0 Å². The summed E-state index contributed by atoms with van der Waals surface area (Å²) in [6, 6.07) is 0. The zero-order valence-electron chi connectivity index (χ0n) is 7.94. The molecule has 2 fully saturated rings. The van der Waals surface area contributed by atoms with Crippen molar-refractivity contribution in [3.8, 4) is 0 Å². The number of halogens is 1. The molecule has 0 saturated heterocycles. The summed E-state index contributed by atoms with van der Waals surface area (Å²) < 4.78 is 0. The molecule has 2 bridgehead atoms. The topological polar surface area (TPSA) is 0 Å². The van der Waals surface area contributed by atoms with Crippen molar-refractivity contribution >= 4 is 15.9 Å². The molecule has 0 radical (unpaired) electrons. The van der Waals surface area contributed by atoms with E-state index in [1.54, 1.807) is 5.57 Å². The Bertz CT molecular complexity index is 215. The molecule has 2 aliphatic carbocycles. The van der Waals surface area contributed by atoms with Gasteiger partial charge in [-0.1, -0.05) is 41.4 Å². The summed E-state index contributed by atoms with van der Waals surface area (Å²) in [6.07, 6.45) is 6.79. The SMILES string of the molecule is CC1(C)/C(=C\CBr)C2CCC1C2. The maximum absolute atomic E-state index is 3.51. The summed E-state index contributed by atoms with van der Waals surface area (Å²) in [7, 11) is 0. The van der Waals surface area contributed by atoms with Crippen molar-refractivity contribution in [3.63, 3.8) is 0 Å². The Labute approximate surface area is 83.6 Å². The number of rotatable bonds is 1. The summed E-state index contributed by atoms with van der Waals surface area (Å²) >= 11 is 3.51. The number of allylic oxidation sites excluding steroid dienone is 2. The van der Waals surface area contributed by atoms with Gasteiger partial charge in [0.05, 0.1) is 0 Å². The quantitative estimate of drug-likeness (QED) is 0.474. The molecule has 0 heterocycles. The van der Waals surface area contributed by atoms with Crippen molar-refractivity contribution in [2.45, 2.75) is 33.1 Å². The molecule has 2 saturated carbocycles. The van der Waals surface area contributed by atoms with Crippen LogP contribution in [0.4, 0.5) is 0 Å². The first-order chi connectivity index (χ1) is 5.66. The molecule has 0 aromatic heterocycles. The predicted molar refractivity (Wildman–Crippen MR) is 56.5 cm³/mol. The summed E-state index contributed by atoms with van der Waals surface area (Å²) in [4.78, 5) is 0. The lowest BCUT2D eigenvalue weighted by atomic mass is 9.73. The normalized spacial score (nSPS) is 41.1. The highest BCUT2D eigenvalue weighted by molar-refractivity contribution is 9.09. The molecule has 12 heavy (non-hydrogen) atoms. The van der Waals surface area contributed by atoms with E-state index in [1.807, 2.05) is 0 Å². The van der Waals surface area contributed by atoms with Gasteiger partial charge in [0.15, 0.2) is 0 Å². The summed E-state index contributed by atoms with van der Waals surface area (Å²) in [5.41, 5.74) is 2.24. The van der Waals surface area contributed by atoms with Crippen LogP contribution in [-0.2, 0) is 0 Å². The molecule has 0 aromatic rings. The second kappa shape index (κ2) is 2.87. The molecule has 2 atom stereocenters. The van der Waals surface area contributed by atoms with Crippen LogP contribution in [-0.4, -0.2) is 5.33 Å². The maximum Gasteiger partial charge on any atom is 0.0215 e. The van der Waals surface area contributed by atoms with Crippen molar-refractivity contribution in [3.05, 3.63) is 11.6 Å². The van der Waals surface area contributed by atoms with Crippen LogP contribution in [0, 0.1) is 17.3 Å². The largest absolute Gasteiger partial charge is 0.0883 e. The second-order valence-electron chi connectivity index (χ2n) is 4.74. The van der Waals surface area contributed by atoms with Crippen LogP contribution >= 0.6 is 15.9 Å². The molecule has 0 spiro atoms. The van der Waals surface area contributed by atoms with Crippen LogP contribution in [0.3, 0.4) is 0 Å². The van der Waals surface area contributed by atoms with Gasteiger partial charge in [0.1, 0.15) is 0 Å². The Morgan fingerprint density at radius 1 is 1.50 bits per heavy atom. The molecule has 2 rings (SSSR count). The minimum Gasteiger partial charge on any atom is -0.0883 e. The zero-order valence-corrected chi connectivity index (χ0v) is 9.52. The highest BCUT2D eigenvalue weighted by Crippen LogP contribution is 2.58. The Morgan fingerprint density at radius 2 is 2.25 bits per heavy atom. The van der Waals surface area contributed by atoms with Gasteiger partial charge >= 0.3 is 0 Å². The fraction of sp³-hybridized carbons (Fsp3) is 0.818. The standard InChI is InChI=1S/C11H17Br/c1-11(2)9-4-3-8(7-9)10(11)5-6-12/h5,8-9H,3-4,6-7H2,1-2H3/b10-5-. The first-order valence-electron chi connectivity index (χ1n) is 4.92. The molecule has 0 aromatic carbocycles. The van der Waals surface area contributed by atoms with Gasteiger partial charge in [0.2, 0.25) is 0 Å². The van der Waals surface area contributed by atoms with E-state index < -0.39 is 0 Å². The van der Waals surface area contributed by atoms with Crippen LogP contribution in [0.2, 0.25) is 0 Å². The molecule has 0 amide bonds. The van der Waals surface area contributed by atoms with Gasteiger partial charge in [-0.2, -0.15) is 0 Å². The van der Waals surface area contributed by atoms with E-state index in [4.69, 9.17) is 0 Å². The third kappa shape index (κ3) is 1.09. The average Bonchev–Trinajstić information content (AvgIpc) is 2.53. The van der Waals surface area contributed by atoms with E-state index in [-0.39, 0.29) is 0 Å². The van der Waals surface area contributed by atoms with E-state index in [1.165, 1.54) is 19.3 Å². The summed E-state index contributed by atoms with van der Waals surface area (Å²) in [5.74, 6) is 1.91. The smallest absolute Gasteiger partial charge is 0.0215 e. The summed E-state index contributed by atoms with van der Waals surface area (Å²) in [6.45, 7) is 4.84. The third-order valence-corrected chi connectivity index (χ3v) is 4.26. The van der Waals surface area contributed by atoms with Crippen molar-refractivity contribution in [2.24, 2.45) is 17.3 Å². The minimum atomic E-state index is 0.511. The zero-order chi connectivity index (χ0) is 8.77. The molecule has 0 nitrogen and oxygen atoms in total.